The Labute approximate surface area is 103 Å². The second kappa shape index (κ2) is 6.89. The van der Waals surface area contributed by atoms with Crippen LogP contribution in [0.4, 0.5) is 0 Å². The number of benzene rings is 1. The zero-order chi connectivity index (χ0) is 10.5. The SMILES string of the molecule is Cl.OC1CCCCC1NCc1ccccc1. The maximum absolute atomic E-state index is 9.78. The van der Waals surface area contributed by atoms with Gasteiger partial charge in [0.25, 0.3) is 0 Å². The molecule has 0 aromatic heterocycles. The van der Waals surface area contributed by atoms with Crippen molar-refractivity contribution in [1.82, 2.24) is 5.32 Å². The Hall–Kier alpha value is -0.570. The van der Waals surface area contributed by atoms with Crippen LogP contribution < -0.4 is 5.32 Å². The number of aliphatic hydroxyl groups is 1. The number of hydrogen-bond donors (Lipinski definition) is 2. The van der Waals surface area contributed by atoms with Crippen molar-refractivity contribution in [2.45, 2.75) is 44.4 Å². The highest BCUT2D eigenvalue weighted by atomic mass is 35.5. The molecule has 0 radical (unpaired) electrons. The van der Waals surface area contributed by atoms with Gasteiger partial charge in [-0.25, -0.2) is 0 Å². The first kappa shape index (κ1) is 13.5. The van der Waals surface area contributed by atoms with Crippen molar-refractivity contribution in [3.63, 3.8) is 0 Å². The van der Waals surface area contributed by atoms with Crippen molar-refractivity contribution < 1.29 is 5.11 Å². The summed E-state index contributed by atoms with van der Waals surface area (Å²) in [4.78, 5) is 0. The number of nitrogens with one attached hydrogen (secondary N) is 1. The van der Waals surface area contributed by atoms with E-state index in [4.69, 9.17) is 0 Å². The van der Waals surface area contributed by atoms with Crippen LogP contribution in [-0.2, 0) is 6.54 Å². The van der Waals surface area contributed by atoms with Crippen LogP contribution in [-0.4, -0.2) is 17.3 Å². The molecule has 0 aliphatic heterocycles. The fourth-order valence-corrected chi connectivity index (χ4v) is 2.19. The smallest absolute Gasteiger partial charge is 0.0693 e. The average molecular weight is 242 g/mol. The molecule has 0 heterocycles. The summed E-state index contributed by atoms with van der Waals surface area (Å²) in [6.07, 6.45) is 4.32. The van der Waals surface area contributed by atoms with Crippen LogP contribution in [0.3, 0.4) is 0 Å². The lowest BCUT2D eigenvalue weighted by Gasteiger charge is -2.28. The largest absolute Gasteiger partial charge is 0.392 e. The van der Waals surface area contributed by atoms with E-state index in [1.54, 1.807) is 0 Å². The summed E-state index contributed by atoms with van der Waals surface area (Å²) >= 11 is 0. The molecule has 2 atom stereocenters. The van der Waals surface area contributed by atoms with E-state index in [-0.39, 0.29) is 18.5 Å². The van der Waals surface area contributed by atoms with Gasteiger partial charge in [-0.05, 0) is 18.4 Å². The van der Waals surface area contributed by atoms with Crippen LogP contribution in [0.1, 0.15) is 31.2 Å². The molecule has 0 spiro atoms. The number of rotatable bonds is 3. The summed E-state index contributed by atoms with van der Waals surface area (Å²) in [6.45, 7) is 0.864. The molecule has 2 nitrogen and oxygen atoms in total. The molecule has 0 saturated heterocycles. The van der Waals surface area contributed by atoms with Crippen molar-refractivity contribution in [2.24, 2.45) is 0 Å². The molecular formula is C13H20ClNO. The fraction of sp³-hybridized carbons (Fsp3) is 0.538. The minimum atomic E-state index is -0.150. The van der Waals surface area contributed by atoms with E-state index >= 15 is 0 Å². The highest BCUT2D eigenvalue weighted by Crippen LogP contribution is 2.18. The van der Waals surface area contributed by atoms with E-state index in [0.717, 1.165) is 19.4 Å². The average Bonchev–Trinajstić information content (AvgIpc) is 2.29. The van der Waals surface area contributed by atoms with Gasteiger partial charge in [-0.15, -0.1) is 12.4 Å². The minimum Gasteiger partial charge on any atom is -0.392 e. The topological polar surface area (TPSA) is 32.3 Å². The van der Waals surface area contributed by atoms with Crippen LogP contribution in [0, 0.1) is 0 Å². The van der Waals surface area contributed by atoms with Crippen LogP contribution in [0.25, 0.3) is 0 Å². The van der Waals surface area contributed by atoms with Gasteiger partial charge in [0, 0.05) is 12.6 Å². The van der Waals surface area contributed by atoms with E-state index in [9.17, 15) is 5.11 Å². The Morgan fingerprint density at radius 3 is 2.50 bits per heavy atom. The fourth-order valence-electron chi connectivity index (χ4n) is 2.19. The molecule has 1 aromatic carbocycles. The van der Waals surface area contributed by atoms with E-state index in [1.165, 1.54) is 18.4 Å². The molecule has 1 saturated carbocycles. The van der Waals surface area contributed by atoms with Crippen molar-refractivity contribution in [3.05, 3.63) is 35.9 Å². The minimum absolute atomic E-state index is 0. The normalized spacial score (nSPS) is 24.8. The molecular weight excluding hydrogens is 222 g/mol. The number of halogens is 1. The van der Waals surface area contributed by atoms with Crippen LogP contribution >= 0.6 is 12.4 Å². The molecule has 0 amide bonds. The second-order valence-electron chi connectivity index (χ2n) is 4.32. The molecule has 90 valence electrons. The predicted molar refractivity (Wildman–Crippen MR) is 68.8 cm³/mol. The lowest BCUT2D eigenvalue weighted by Crippen LogP contribution is -2.41. The maximum Gasteiger partial charge on any atom is 0.0693 e. The third kappa shape index (κ3) is 3.78. The van der Waals surface area contributed by atoms with E-state index < -0.39 is 0 Å². The van der Waals surface area contributed by atoms with Gasteiger partial charge in [-0.3, -0.25) is 0 Å². The lowest BCUT2D eigenvalue weighted by atomic mass is 9.92. The third-order valence-electron chi connectivity index (χ3n) is 3.14. The molecule has 2 rings (SSSR count). The Kier molecular flexibility index (Phi) is 5.81. The van der Waals surface area contributed by atoms with Crippen LogP contribution in [0.5, 0.6) is 0 Å². The molecule has 16 heavy (non-hydrogen) atoms. The first-order chi connectivity index (χ1) is 7.36. The summed E-state index contributed by atoms with van der Waals surface area (Å²) < 4.78 is 0. The third-order valence-corrected chi connectivity index (χ3v) is 3.14. The van der Waals surface area contributed by atoms with Gasteiger partial charge in [0.1, 0.15) is 0 Å². The molecule has 2 N–H and O–H groups in total. The quantitative estimate of drug-likeness (QED) is 0.852. The first-order valence-corrected chi connectivity index (χ1v) is 5.81. The van der Waals surface area contributed by atoms with Gasteiger partial charge in [0.05, 0.1) is 6.10 Å². The molecule has 1 fully saturated rings. The second-order valence-corrected chi connectivity index (χ2v) is 4.32. The van der Waals surface area contributed by atoms with E-state index in [1.807, 2.05) is 18.2 Å². The Balaban J connectivity index is 0.00000128. The van der Waals surface area contributed by atoms with Crippen molar-refractivity contribution in [2.75, 3.05) is 0 Å². The van der Waals surface area contributed by atoms with Crippen LogP contribution in [0.2, 0.25) is 0 Å². The maximum atomic E-state index is 9.78. The molecule has 1 aliphatic rings. The van der Waals surface area contributed by atoms with Gasteiger partial charge >= 0.3 is 0 Å². The summed E-state index contributed by atoms with van der Waals surface area (Å²) in [5.41, 5.74) is 1.29. The summed E-state index contributed by atoms with van der Waals surface area (Å²) in [7, 11) is 0. The van der Waals surface area contributed by atoms with Crippen molar-refractivity contribution in [1.29, 1.82) is 0 Å². The van der Waals surface area contributed by atoms with Crippen molar-refractivity contribution >= 4 is 12.4 Å². The van der Waals surface area contributed by atoms with Gasteiger partial charge in [0.2, 0.25) is 0 Å². The predicted octanol–water partition coefficient (Wildman–Crippen LogP) is 2.50. The summed E-state index contributed by atoms with van der Waals surface area (Å²) in [5.74, 6) is 0. The molecule has 1 aliphatic carbocycles. The van der Waals surface area contributed by atoms with Gasteiger partial charge in [0.15, 0.2) is 0 Å². The van der Waals surface area contributed by atoms with Gasteiger partial charge in [-0.2, -0.15) is 0 Å². The van der Waals surface area contributed by atoms with Crippen LogP contribution in [0.15, 0.2) is 30.3 Å². The molecule has 3 heteroatoms. The van der Waals surface area contributed by atoms with Gasteiger partial charge in [-0.1, -0.05) is 43.2 Å². The molecule has 1 aromatic rings. The molecule has 2 unspecified atom stereocenters. The van der Waals surface area contributed by atoms with E-state index in [0.29, 0.717) is 6.04 Å². The Bertz CT molecular complexity index is 291. The number of aliphatic hydroxyl groups excluding tert-OH is 1. The highest BCUT2D eigenvalue weighted by molar-refractivity contribution is 5.85. The van der Waals surface area contributed by atoms with Gasteiger partial charge < -0.3 is 10.4 Å². The standard InChI is InChI=1S/C13H19NO.ClH/c15-13-9-5-4-8-12(13)14-10-11-6-2-1-3-7-11;/h1-3,6-7,12-15H,4-5,8-10H2;1H. The first-order valence-electron chi connectivity index (χ1n) is 5.81. The molecule has 0 bridgehead atoms. The number of hydrogen-bond acceptors (Lipinski definition) is 2. The Morgan fingerprint density at radius 1 is 1.12 bits per heavy atom. The van der Waals surface area contributed by atoms with E-state index in [2.05, 4.69) is 17.4 Å². The zero-order valence-corrected chi connectivity index (χ0v) is 10.2. The monoisotopic (exact) mass is 241 g/mol. The summed E-state index contributed by atoms with van der Waals surface area (Å²) in [6, 6.07) is 10.6. The Morgan fingerprint density at radius 2 is 1.81 bits per heavy atom. The lowest BCUT2D eigenvalue weighted by molar-refractivity contribution is 0.0902. The van der Waals surface area contributed by atoms with Crippen molar-refractivity contribution in [3.8, 4) is 0 Å². The summed E-state index contributed by atoms with van der Waals surface area (Å²) in [5, 5.41) is 13.2. The zero-order valence-electron chi connectivity index (χ0n) is 9.43. The highest BCUT2D eigenvalue weighted by Gasteiger charge is 2.21.